The smallest absolute Gasteiger partial charge is 0.303 e. The molecule has 3 heteroatoms. The molecule has 0 amide bonds. The van der Waals surface area contributed by atoms with Crippen LogP contribution in [0.4, 0.5) is 0 Å². The van der Waals surface area contributed by atoms with E-state index >= 15 is 0 Å². The van der Waals surface area contributed by atoms with Gasteiger partial charge in [-0.3, -0.25) is 9.78 Å². The van der Waals surface area contributed by atoms with Gasteiger partial charge in [0, 0.05) is 18.3 Å². The molecule has 12 heavy (non-hydrogen) atoms. The number of pyridine rings is 1. The summed E-state index contributed by atoms with van der Waals surface area (Å²) >= 11 is 0. The molecule has 0 saturated heterocycles. The third-order valence-corrected chi connectivity index (χ3v) is 1.72. The van der Waals surface area contributed by atoms with Crippen molar-refractivity contribution in [3.05, 3.63) is 29.6 Å². The molecule has 0 aliphatic carbocycles. The first-order valence-corrected chi connectivity index (χ1v) is 3.82. The van der Waals surface area contributed by atoms with E-state index in [1.165, 1.54) is 0 Å². The number of aryl methyl sites for hydroxylation is 2. The summed E-state index contributed by atoms with van der Waals surface area (Å²) in [7, 11) is 0. The van der Waals surface area contributed by atoms with E-state index in [1.807, 2.05) is 19.1 Å². The summed E-state index contributed by atoms with van der Waals surface area (Å²) in [5.41, 5.74) is 1.93. The minimum Gasteiger partial charge on any atom is -0.481 e. The number of hydrogen-bond donors (Lipinski definition) is 1. The Balaban J connectivity index is 2.63. The molecule has 0 radical (unpaired) electrons. The summed E-state index contributed by atoms with van der Waals surface area (Å²) in [6.45, 7) is 1.89. The quantitative estimate of drug-likeness (QED) is 0.736. The molecule has 0 fully saturated rings. The van der Waals surface area contributed by atoms with Crippen LogP contribution in [0.3, 0.4) is 0 Å². The Hall–Kier alpha value is -1.38. The minimum atomic E-state index is -0.766. The van der Waals surface area contributed by atoms with Crippen molar-refractivity contribution in [1.29, 1.82) is 0 Å². The second kappa shape index (κ2) is 3.85. The van der Waals surface area contributed by atoms with Crippen molar-refractivity contribution < 1.29 is 9.90 Å². The van der Waals surface area contributed by atoms with E-state index in [1.54, 1.807) is 6.20 Å². The predicted octanol–water partition coefficient (Wildman–Crippen LogP) is 1.41. The first-order chi connectivity index (χ1) is 5.70. The van der Waals surface area contributed by atoms with Crippen LogP contribution in [0, 0.1) is 6.92 Å². The topological polar surface area (TPSA) is 50.2 Å². The number of carboxylic acid groups (broad SMARTS) is 1. The summed E-state index contributed by atoms with van der Waals surface area (Å²) in [5.74, 6) is -0.766. The molecular weight excluding hydrogens is 154 g/mol. The first kappa shape index (κ1) is 8.71. The predicted molar refractivity (Wildman–Crippen MR) is 44.9 cm³/mol. The molecule has 0 saturated carbocycles. The van der Waals surface area contributed by atoms with Gasteiger partial charge in [0.1, 0.15) is 0 Å². The average Bonchev–Trinajstić information content (AvgIpc) is 2.03. The van der Waals surface area contributed by atoms with Crippen LogP contribution in [-0.4, -0.2) is 16.1 Å². The van der Waals surface area contributed by atoms with Crippen molar-refractivity contribution in [2.45, 2.75) is 19.8 Å². The number of aromatic nitrogens is 1. The zero-order valence-corrected chi connectivity index (χ0v) is 6.95. The maximum Gasteiger partial charge on any atom is 0.303 e. The Bertz CT molecular complexity index is 284. The van der Waals surface area contributed by atoms with Crippen LogP contribution in [0.25, 0.3) is 0 Å². The summed E-state index contributed by atoms with van der Waals surface area (Å²) in [6.07, 6.45) is 2.45. The summed E-state index contributed by atoms with van der Waals surface area (Å²) in [5, 5.41) is 8.45. The average molecular weight is 165 g/mol. The molecule has 0 atom stereocenters. The highest BCUT2D eigenvalue weighted by atomic mass is 16.4. The number of rotatable bonds is 3. The van der Waals surface area contributed by atoms with Crippen molar-refractivity contribution in [2.24, 2.45) is 0 Å². The summed E-state index contributed by atoms with van der Waals surface area (Å²) < 4.78 is 0. The van der Waals surface area contributed by atoms with Gasteiger partial charge >= 0.3 is 5.97 Å². The van der Waals surface area contributed by atoms with E-state index in [-0.39, 0.29) is 6.42 Å². The molecule has 1 heterocycles. The fourth-order valence-electron chi connectivity index (χ4n) is 1.02. The van der Waals surface area contributed by atoms with Crippen molar-refractivity contribution in [3.63, 3.8) is 0 Å². The Kier molecular flexibility index (Phi) is 2.80. The third kappa shape index (κ3) is 2.34. The maximum atomic E-state index is 10.3. The molecule has 64 valence electrons. The molecular formula is C9H11NO2. The molecule has 0 aliphatic heterocycles. The van der Waals surface area contributed by atoms with Crippen LogP contribution in [0.15, 0.2) is 18.3 Å². The molecule has 3 nitrogen and oxygen atoms in total. The molecule has 0 bridgehead atoms. The summed E-state index contributed by atoms with van der Waals surface area (Å²) in [4.78, 5) is 14.3. The number of hydrogen-bond acceptors (Lipinski definition) is 2. The van der Waals surface area contributed by atoms with E-state index in [2.05, 4.69) is 4.98 Å². The van der Waals surface area contributed by atoms with Gasteiger partial charge in [-0.1, -0.05) is 6.07 Å². The number of carbonyl (C=O) groups is 1. The van der Waals surface area contributed by atoms with E-state index in [0.29, 0.717) is 6.42 Å². The second-order valence-corrected chi connectivity index (χ2v) is 2.64. The van der Waals surface area contributed by atoms with Crippen LogP contribution < -0.4 is 0 Å². The Labute approximate surface area is 71.1 Å². The Morgan fingerprint density at radius 2 is 2.42 bits per heavy atom. The van der Waals surface area contributed by atoms with Gasteiger partial charge in [0.05, 0.1) is 0 Å². The zero-order chi connectivity index (χ0) is 8.97. The largest absolute Gasteiger partial charge is 0.481 e. The Morgan fingerprint density at radius 3 is 3.00 bits per heavy atom. The highest BCUT2D eigenvalue weighted by molar-refractivity contribution is 5.67. The highest BCUT2D eigenvalue weighted by Crippen LogP contribution is 2.06. The van der Waals surface area contributed by atoms with Gasteiger partial charge in [-0.15, -0.1) is 0 Å². The monoisotopic (exact) mass is 165 g/mol. The van der Waals surface area contributed by atoms with Crippen molar-refractivity contribution >= 4 is 5.97 Å². The van der Waals surface area contributed by atoms with E-state index in [9.17, 15) is 4.79 Å². The summed E-state index contributed by atoms with van der Waals surface area (Å²) in [6, 6.07) is 3.73. The van der Waals surface area contributed by atoms with Crippen LogP contribution in [0.5, 0.6) is 0 Å². The lowest BCUT2D eigenvalue weighted by atomic mass is 10.1. The fraction of sp³-hybridized carbons (Fsp3) is 0.333. The van der Waals surface area contributed by atoms with Gasteiger partial charge in [0.2, 0.25) is 0 Å². The number of nitrogens with zero attached hydrogens (tertiary/aromatic N) is 1. The van der Waals surface area contributed by atoms with Crippen LogP contribution in [-0.2, 0) is 11.2 Å². The van der Waals surface area contributed by atoms with Crippen molar-refractivity contribution in [2.75, 3.05) is 0 Å². The normalized spacial score (nSPS) is 9.75. The number of carboxylic acids is 1. The van der Waals surface area contributed by atoms with Crippen LogP contribution >= 0.6 is 0 Å². The van der Waals surface area contributed by atoms with Crippen molar-refractivity contribution in [1.82, 2.24) is 4.98 Å². The van der Waals surface area contributed by atoms with Gasteiger partial charge in [-0.25, -0.2) is 0 Å². The van der Waals surface area contributed by atoms with E-state index in [4.69, 9.17) is 5.11 Å². The molecule has 0 aromatic carbocycles. The fourth-order valence-corrected chi connectivity index (χ4v) is 1.02. The van der Waals surface area contributed by atoms with Gasteiger partial charge < -0.3 is 5.11 Å². The van der Waals surface area contributed by atoms with Crippen LogP contribution in [0.1, 0.15) is 17.7 Å². The standard InChI is InChI=1S/C9H11NO2/c1-7-8(3-2-6-10-7)4-5-9(11)12/h2-3,6H,4-5H2,1H3,(H,11,12). The SMILES string of the molecule is Cc1ncccc1CCC(=O)O. The second-order valence-electron chi connectivity index (χ2n) is 2.64. The van der Waals surface area contributed by atoms with Gasteiger partial charge in [-0.2, -0.15) is 0 Å². The Morgan fingerprint density at radius 1 is 1.67 bits per heavy atom. The van der Waals surface area contributed by atoms with E-state index < -0.39 is 5.97 Å². The molecule has 0 aliphatic rings. The lowest BCUT2D eigenvalue weighted by Crippen LogP contribution is -1.99. The highest BCUT2D eigenvalue weighted by Gasteiger charge is 2.01. The third-order valence-electron chi connectivity index (χ3n) is 1.72. The molecule has 0 unspecified atom stereocenters. The van der Waals surface area contributed by atoms with E-state index in [0.717, 1.165) is 11.3 Å². The van der Waals surface area contributed by atoms with Gasteiger partial charge in [-0.05, 0) is 25.0 Å². The molecule has 0 spiro atoms. The molecule has 1 aromatic heterocycles. The first-order valence-electron chi connectivity index (χ1n) is 3.82. The minimum absolute atomic E-state index is 0.173. The lowest BCUT2D eigenvalue weighted by Gasteiger charge is -2.00. The van der Waals surface area contributed by atoms with Gasteiger partial charge in [0.25, 0.3) is 0 Å². The van der Waals surface area contributed by atoms with Crippen LogP contribution in [0.2, 0.25) is 0 Å². The zero-order valence-electron chi connectivity index (χ0n) is 6.95. The molecule has 1 aromatic rings. The number of aliphatic carboxylic acids is 1. The molecule has 1 N–H and O–H groups in total. The van der Waals surface area contributed by atoms with Crippen molar-refractivity contribution in [3.8, 4) is 0 Å². The lowest BCUT2D eigenvalue weighted by molar-refractivity contribution is -0.136. The van der Waals surface area contributed by atoms with Gasteiger partial charge in [0.15, 0.2) is 0 Å². The molecule has 1 rings (SSSR count). The maximum absolute atomic E-state index is 10.3.